The number of H-pyrrole nitrogens is 2. The van der Waals surface area contributed by atoms with Crippen LogP contribution in [0.25, 0.3) is 22.3 Å². The van der Waals surface area contributed by atoms with Gasteiger partial charge in [-0.2, -0.15) is 30.4 Å². The minimum atomic E-state index is 0.319. The number of aromatic nitrogens is 18. The maximum atomic E-state index is 8.66. The molecule has 11 aromatic rings. The lowest BCUT2D eigenvalue weighted by atomic mass is 9.95. The van der Waals surface area contributed by atoms with E-state index in [1.165, 1.54) is 64.1 Å². The van der Waals surface area contributed by atoms with Gasteiger partial charge in [-0.15, -0.1) is 39.2 Å². The standard InChI is InChI=1S/C10H11NO.C9H10N2O.C9H14.C8H14N2.C7H14.C7H12.C6H11N3.2C6H10N2O.C6H9NO.C5H9N3.2C5H8N2O.3C2H6/c1-7(2)10-11-8-5-3-4-6-9(8)12-10;1-6(2)9-11-8-7(12-9)4-3-5-10-8;1-4-9(5-6-9)7-8(2)3;1-7(2)8-4-3-5-10(8)6-9;1-6(2)7(3)4-5-7;1-4-5-6-7(2)3;1-4(2)6-7-5(3)8-9-6;1-4(2)6-8-7-5(3)9-6;1-4(2)6-7-5(3)9-8-6;1-5(2)6-7-3-4-8-6;1-4(2)5-6-3-7-8-5;1-4(2)5-7-6-3-8-5;1-4(2)5-6-3-8-7-5;3*1-2/h3-7H,1-2H3;3-6H,1-2H3;1,8H,5-7H2,2-3H3;7-8H,3-5H2,1-2H3;6H,4-5H2,1-3H3;1,7H,5-6H2,2-3H3;4H,1-3H3,(H,7,8,9);2*4H,1-3H3;3-5H,1-2H3;3-4H,1-2H3,(H,6,7,8);2*3-4H,1-2H3;3*1-2H3. The average molecular weight is 1690 g/mol. The predicted octanol–water partition coefficient (Wildman–Crippen LogP) is 26.3. The van der Waals surface area contributed by atoms with Crippen molar-refractivity contribution in [2.75, 3.05) is 6.54 Å². The van der Waals surface area contributed by atoms with Gasteiger partial charge in [-0.25, -0.2) is 24.9 Å². The van der Waals surface area contributed by atoms with Crippen LogP contribution in [0.2, 0.25) is 0 Å². The molecular formula is C95H158N20O7. The molecule has 2 aliphatic carbocycles. The monoisotopic (exact) mass is 1690 g/mol. The number of nitrogens with zero attached hydrogens (tertiary/aromatic N) is 18. The molecule has 680 valence electrons. The topological polar surface area (TPSA) is 357 Å². The van der Waals surface area contributed by atoms with E-state index in [2.05, 4.69) is 217 Å². The molecule has 2 N–H and O–H groups in total. The number of terminal acetylenes is 2. The Morgan fingerprint density at radius 1 is 0.533 bits per heavy atom. The summed E-state index contributed by atoms with van der Waals surface area (Å²) < 4.78 is 35.2. The number of para-hydroxylation sites is 2. The third kappa shape index (κ3) is 49.0. The summed E-state index contributed by atoms with van der Waals surface area (Å²) in [5.74, 6) is 21.3. The summed E-state index contributed by atoms with van der Waals surface area (Å²) in [5, 5.41) is 44.0. The molecule has 27 heteroatoms. The zero-order valence-corrected chi connectivity index (χ0v) is 81.6. The second kappa shape index (κ2) is 63.7. The highest BCUT2D eigenvalue weighted by Crippen LogP contribution is 2.51. The lowest BCUT2D eigenvalue weighted by molar-refractivity contribution is 0.291. The van der Waals surface area contributed by atoms with Crippen molar-refractivity contribution in [3.8, 4) is 30.9 Å². The van der Waals surface area contributed by atoms with Gasteiger partial charge in [-0.1, -0.05) is 257 Å². The van der Waals surface area contributed by atoms with Gasteiger partial charge in [-0.3, -0.25) is 10.2 Å². The van der Waals surface area contributed by atoms with Gasteiger partial charge in [0, 0.05) is 97.7 Å². The summed E-state index contributed by atoms with van der Waals surface area (Å²) in [5.41, 5.74) is 4.37. The van der Waals surface area contributed by atoms with E-state index in [1.54, 1.807) is 32.5 Å². The van der Waals surface area contributed by atoms with Crippen LogP contribution >= 0.6 is 0 Å². The summed E-state index contributed by atoms with van der Waals surface area (Å²) >= 11 is 0. The number of pyridine rings is 1. The zero-order valence-electron chi connectivity index (χ0n) is 81.6. The molecule has 1 aromatic carbocycles. The number of hydrogen-bond acceptors (Lipinski definition) is 25. The number of aromatic amines is 2. The van der Waals surface area contributed by atoms with Crippen molar-refractivity contribution in [1.29, 1.82) is 5.26 Å². The van der Waals surface area contributed by atoms with E-state index < -0.39 is 0 Å². The Labute approximate surface area is 733 Å². The number of rotatable bonds is 15. The number of hydrogen-bond donors (Lipinski definition) is 2. The van der Waals surface area contributed by atoms with Crippen LogP contribution in [0.5, 0.6) is 0 Å². The molecule has 27 nitrogen and oxygen atoms in total. The molecule has 0 spiro atoms. The first-order chi connectivity index (χ1) is 57.7. The van der Waals surface area contributed by atoms with Crippen LogP contribution in [0.15, 0.2) is 105 Å². The van der Waals surface area contributed by atoms with Gasteiger partial charge in [0.2, 0.25) is 36.4 Å². The Kier molecular flexibility index (Phi) is 59.4. The third-order valence-corrected chi connectivity index (χ3v) is 17.9. The molecular weight excluding hydrogens is 1530 g/mol. The Balaban J connectivity index is 0. The first kappa shape index (κ1) is 114. The quantitative estimate of drug-likeness (QED) is 0.0711. The van der Waals surface area contributed by atoms with Gasteiger partial charge in [0.05, 0.1) is 6.20 Å². The molecule has 0 radical (unpaired) electrons. The molecule has 11 heterocycles. The van der Waals surface area contributed by atoms with E-state index in [4.69, 9.17) is 44.7 Å². The van der Waals surface area contributed by atoms with Crippen LogP contribution in [-0.4, -0.2) is 108 Å². The minimum absolute atomic E-state index is 0.319. The molecule has 1 atom stereocenters. The molecule has 1 aliphatic heterocycles. The number of aryl methyl sites for hydroxylation is 3. The molecule has 10 aromatic heterocycles. The van der Waals surface area contributed by atoms with E-state index in [0.29, 0.717) is 99.8 Å². The lowest BCUT2D eigenvalue weighted by Gasteiger charge is -2.21. The van der Waals surface area contributed by atoms with E-state index in [0.717, 1.165) is 106 Å². The normalized spacial score (nSPS) is 13.1. The summed E-state index contributed by atoms with van der Waals surface area (Å²) in [6.45, 7) is 75.4. The molecule has 2 saturated carbocycles. The first-order valence-electron chi connectivity index (χ1n) is 44.1. The maximum absolute atomic E-state index is 8.66. The number of fused-ring (bicyclic) bond motifs is 2. The average Bonchev–Trinajstić information content (AvgIpc) is 1.67. The van der Waals surface area contributed by atoms with Crippen molar-refractivity contribution in [3.05, 3.63) is 145 Å². The highest BCUT2D eigenvalue weighted by Gasteiger charge is 2.41. The molecule has 14 rings (SSSR count). The molecule has 3 fully saturated rings. The second-order valence-corrected chi connectivity index (χ2v) is 33.4. The smallest absolute Gasteiger partial charge is 0.223 e. The Morgan fingerprint density at radius 3 is 1.41 bits per heavy atom. The van der Waals surface area contributed by atoms with Crippen molar-refractivity contribution >= 4 is 22.3 Å². The molecule has 1 saturated heterocycles. The number of nitriles is 1. The van der Waals surface area contributed by atoms with E-state index in [1.807, 2.05) is 173 Å². The van der Waals surface area contributed by atoms with Gasteiger partial charge in [0.1, 0.15) is 29.8 Å². The van der Waals surface area contributed by atoms with E-state index in [-0.39, 0.29) is 0 Å². The summed E-state index contributed by atoms with van der Waals surface area (Å²) in [4.78, 5) is 34.5. The van der Waals surface area contributed by atoms with E-state index in [9.17, 15) is 0 Å². The van der Waals surface area contributed by atoms with E-state index >= 15 is 0 Å². The first-order valence-corrected chi connectivity index (χ1v) is 44.1. The van der Waals surface area contributed by atoms with Crippen molar-refractivity contribution < 1.29 is 31.1 Å². The Hall–Kier alpha value is -10.2. The van der Waals surface area contributed by atoms with Crippen LogP contribution < -0.4 is 0 Å². The molecule has 0 amide bonds. The highest BCUT2D eigenvalue weighted by atomic mass is 16.5. The van der Waals surface area contributed by atoms with Gasteiger partial charge in [0.15, 0.2) is 58.2 Å². The number of oxazole rings is 3. The van der Waals surface area contributed by atoms with Crippen molar-refractivity contribution in [2.24, 2.45) is 34.5 Å². The van der Waals surface area contributed by atoms with Crippen LogP contribution in [-0.2, 0) is 0 Å². The fourth-order valence-corrected chi connectivity index (χ4v) is 9.86. The highest BCUT2D eigenvalue weighted by molar-refractivity contribution is 5.72. The maximum Gasteiger partial charge on any atom is 0.223 e. The van der Waals surface area contributed by atoms with Crippen LogP contribution in [0.1, 0.15) is 410 Å². The van der Waals surface area contributed by atoms with Crippen LogP contribution in [0.4, 0.5) is 0 Å². The second-order valence-electron chi connectivity index (χ2n) is 33.4. The van der Waals surface area contributed by atoms with Gasteiger partial charge in [0.25, 0.3) is 0 Å². The van der Waals surface area contributed by atoms with Gasteiger partial charge in [-0.05, 0) is 112 Å². The van der Waals surface area contributed by atoms with Crippen LogP contribution in [0, 0.1) is 91.4 Å². The summed E-state index contributed by atoms with van der Waals surface area (Å²) in [6, 6.07) is 12.1. The number of likely N-dealkylation sites (tertiary alicyclic amines) is 1. The molecule has 3 aliphatic rings. The van der Waals surface area contributed by atoms with Gasteiger partial charge < -0.3 is 36.0 Å². The van der Waals surface area contributed by atoms with Crippen molar-refractivity contribution in [3.63, 3.8) is 0 Å². The van der Waals surface area contributed by atoms with Crippen molar-refractivity contribution in [1.82, 2.24) is 95.9 Å². The SMILES string of the molecule is C#CC1(CC(C)C)CC1.C#CCCC(C)C.CC.CC.CC.CC(C)C1(C)CC1.CC(C)C1CCCN1C#N.CC(C)c1nc2ccccc2o1.CC(C)c1nc2ncccc2o1.CC(C)c1ncco1.CC(C)c1ncn[nH]1.CC(C)c1ncon1.CC(C)c1nnco1.Cc1nc(C(C)C)n[nH]1.Cc1nc(C(C)C)no1.Cc1nnc(C(C)C)o1. The Bertz CT molecular complexity index is 3970. The largest absolute Gasteiger partial charge is 0.449 e. The number of nitrogens with one attached hydrogen (secondary N) is 2. The molecule has 1 unspecified atom stereocenters. The molecule has 0 bridgehead atoms. The number of benzene rings is 1. The van der Waals surface area contributed by atoms with Crippen molar-refractivity contribution in [2.45, 2.75) is 366 Å². The fourth-order valence-electron chi connectivity index (χ4n) is 9.86. The minimum Gasteiger partial charge on any atom is -0.449 e. The van der Waals surface area contributed by atoms with Gasteiger partial charge >= 0.3 is 0 Å². The predicted molar refractivity (Wildman–Crippen MR) is 493 cm³/mol. The van der Waals surface area contributed by atoms with Crippen LogP contribution in [0.3, 0.4) is 0 Å². The lowest BCUT2D eigenvalue weighted by Crippen LogP contribution is -2.28. The third-order valence-electron chi connectivity index (χ3n) is 17.9. The Morgan fingerprint density at radius 2 is 1.11 bits per heavy atom. The zero-order chi connectivity index (χ0) is 93.3. The summed E-state index contributed by atoms with van der Waals surface area (Å²) in [6.07, 6.45) is 33.0. The fraction of sp³-hybridized carbons (Fsp3) is 0.653. The molecule has 122 heavy (non-hydrogen) atoms. The summed E-state index contributed by atoms with van der Waals surface area (Å²) in [7, 11) is 0.